The van der Waals surface area contributed by atoms with E-state index in [0.29, 0.717) is 0 Å². The number of rotatable bonds is 3. The lowest BCUT2D eigenvalue weighted by Gasteiger charge is -2.16. The summed E-state index contributed by atoms with van der Waals surface area (Å²) in [5.41, 5.74) is -2.97. The topological polar surface area (TPSA) is 73.5 Å². The molecule has 12 heteroatoms. The van der Waals surface area contributed by atoms with Gasteiger partial charge in [-0.2, -0.15) is 18.3 Å². The van der Waals surface area contributed by atoms with Crippen LogP contribution in [0.5, 0.6) is 0 Å². The average molecular weight is 394 g/mol. The Morgan fingerprint density at radius 2 is 2.04 bits per heavy atom. The van der Waals surface area contributed by atoms with E-state index in [1.807, 2.05) is 0 Å². The van der Waals surface area contributed by atoms with E-state index in [4.69, 9.17) is 28.0 Å². The Morgan fingerprint density at radius 3 is 2.52 bits per heavy atom. The van der Waals surface area contributed by atoms with Crippen molar-refractivity contribution in [3.63, 3.8) is 0 Å². The summed E-state index contributed by atoms with van der Waals surface area (Å²) in [5.74, 6) is -0.994. The van der Waals surface area contributed by atoms with Crippen LogP contribution in [0.4, 0.5) is 13.2 Å². The fourth-order valence-corrected chi connectivity index (χ4v) is 3.87. The number of nitrogens with zero attached hydrogens (tertiary/aromatic N) is 3. The molecule has 0 saturated heterocycles. The number of hydrogen-bond donors (Lipinski definition) is 0. The molecule has 0 radical (unpaired) electrons. The Bertz CT molecular complexity index is 761. The number of hydrogen-bond acceptors (Lipinski definition) is 5. The summed E-state index contributed by atoms with van der Waals surface area (Å²) < 4.78 is 64.3. The third kappa shape index (κ3) is 3.58. The summed E-state index contributed by atoms with van der Waals surface area (Å²) >= 11 is 11.4. The van der Waals surface area contributed by atoms with Gasteiger partial charge in [-0.25, -0.2) is 8.42 Å². The molecule has 2 heterocycles. The molecule has 1 aromatic rings. The Morgan fingerprint density at radius 1 is 1.43 bits per heavy atom. The van der Waals surface area contributed by atoms with Crippen LogP contribution in [0.2, 0.25) is 5.15 Å². The normalized spacial score (nSPS) is 22.1. The number of oxime groups is 1. The molecule has 0 aliphatic carbocycles. The highest BCUT2D eigenvalue weighted by atomic mass is 35.5. The predicted molar refractivity (Wildman–Crippen MR) is 78.1 cm³/mol. The molecule has 1 atom stereocenters. The fourth-order valence-electron chi connectivity index (χ4n) is 1.96. The van der Waals surface area contributed by atoms with Crippen molar-refractivity contribution in [3.8, 4) is 0 Å². The van der Waals surface area contributed by atoms with Crippen LogP contribution in [0, 0.1) is 0 Å². The first-order valence-electron chi connectivity index (χ1n) is 6.22. The number of sulfone groups is 1. The fraction of sp³-hybridized carbons (Fsp3) is 0.636. The second-order valence-corrected chi connectivity index (χ2v) is 7.95. The molecule has 0 fully saturated rings. The molecule has 6 nitrogen and oxygen atoms in total. The van der Waals surface area contributed by atoms with E-state index in [1.54, 1.807) is 6.92 Å². The number of halogens is 5. The first-order valence-corrected chi connectivity index (χ1v) is 8.78. The molecule has 2 rings (SSSR count). The average Bonchev–Trinajstić information content (AvgIpc) is 2.95. The Hall–Kier alpha value is -1.00. The molecular formula is C11H12Cl2F3N3O3S. The largest absolute Gasteiger partial charge is 0.435 e. The van der Waals surface area contributed by atoms with Gasteiger partial charge in [-0.15, -0.1) is 11.6 Å². The molecule has 1 unspecified atom stereocenters. The highest BCUT2D eigenvalue weighted by molar-refractivity contribution is 8.05. The van der Waals surface area contributed by atoms with Gasteiger partial charge in [-0.05, 0) is 6.92 Å². The number of alkyl halides is 4. The molecule has 0 amide bonds. The smallest absolute Gasteiger partial charge is 0.387 e. The Balaban J connectivity index is 2.36. The minimum atomic E-state index is -4.83. The molecule has 0 aromatic carbocycles. The maximum Gasteiger partial charge on any atom is 0.435 e. The molecule has 1 aliphatic rings. The van der Waals surface area contributed by atoms with Crippen LogP contribution in [0.3, 0.4) is 0 Å². The van der Waals surface area contributed by atoms with Crippen molar-refractivity contribution in [1.82, 2.24) is 9.78 Å². The third-order valence-corrected chi connectivity index (χ3v) is 5.85. The van der Waals surface area contributed by atoms with Crippen LogP contribution in [-0.2, 0) is 33.7 Å². The molecule has 130 valence electrons. The number of aryl methyl sites for hydroxylation is 1. The van der Waals surface area contributed by atoms with E-state index >= 15 is 0 Å². The van der Waals surface area contributed by atoms with Gasteiger partial charge in [0.2, 0.25) is 0 Å². The van der Waals surface area contributed by atoms with Crippen molar-refractivity contribution in [3.05, 3.63) is 16.4 Å². The summed E-state index contributed by atoms with van der Waals surface area (Å²) in [4.78, 5) is 4.96. The van der Waals surface area contributed by atoms with Crippen LogP contribution in [-0.4, -0.2) is 34.7 Å². The molecule has 1 aliphatic heterocycles. The molecule has 23 heavy (non-hydrogen) atoms. The van der Waals surface area contributed by atoms with Gasteiger partial charge < -0.3 is 4.84 Å². The zero-order chi connectivity index (χ0) is 17.6. The van der Waals surface area contributed by atoms with Gasteiger partial charge in [-0.1, -0.05) is 16.8 Å². The van der Waals surface area contributed by atoms with Crippen molar-refractivity contribution >= 4 is 38.1 Å². The lowest BCUT2D eigenvalue weighted by Crippen LogP contribution is -2.29. The summed E-state index contributed by atoms with van der Waals surface area (Å²) in [7, 11) is -2.97. The van der Waals surface area contributed by atoms with Crippen molar-refractivity contribution in [2.75, 3.05) is 5.88 Å². The maximum absolute atomic E-state index is 13.0. The van der Waals surface area contributed by atoms with Crippen molar-refractivity contribution < 1.29 is 26.4 Å². The van der Waals surface area contributed by atoms with E-state index in [0.717, 1.165) is 4.68 Å². The van der Waals surface area contributed by atoms with Gasteiger partial charge in [0.15, 0.2) is 26.2 Å². The summed E-state index contributed by atoms with van der Waals surface area (Å²) in [6.07, 6.45) is -4.95. The first-order chi connectivity index (χ1) is 10.4. The lowest BCUT2D eigenvalue weighted by molar-refractivity contribution is -0.141. The molecule has 0 N–H and O–H groups in total. The number of aromatic nitrogens is 2. The first kappa shape index (κ1) is 18.3. The van der Waals surface area contributed by atoms with E-state index in [1.165, 1.54) is 7.05 Å². The van der Waals surface area contributed by atoms with Crippen molar-refractivity contribution in [2.45, 2.75) is 30.9 Å². The van der Waals surface area contributed by atoms with Crippen LogP contribution in [0.15, 0.2) is 5.16 Å². The zero-order valence-electron chi connectivity index (χ0n) is 12.0. The van der Waals surface area contributed by atoms with E-state index in [9.17, 15) is 21.6 Å². The highest BCUT2D eigenvalue weighted by Crippen LogP contribution is 2.36. The molecule has 0 saturated carbocycles. The summed E-state index contributed by atoms with van der Waals surface area (Å²) in [6.45, 7) is 1.55. The second kappa shape index (κ2) is 5.82. The molecular weight excluding hydrogens is 382 g/mol. The van der Waals surface area contributed by atoms with Gasteiger partial charge in [0.25, 0.3) is 0 Å². The Labute approximate surface area is 140 Å². The molecule has 0 bridgehead atoms. The Kier molecular flexibility index (Phi) is 4.64. The zero-order valence-corrected chi connectivity index (χ0v) is 14.3. The van der Waals surface area contributed by atoms with Crippen molar-refractivity contribution in [1.29, 1.82) is 0 Å². The molecule has 1 aromatic heterocycles. The predicted octanol–water partition coefficient (Wildman–Crippen LogP) is 2.74. The van der Waals surface area contributed by atoms with E-state index in [2.05, 4.69) is 10.3 Å². The third-order valence-electron chi connectivity index (χ3n) is 3.21. The summed E-state index contributed by atoms with van der Waals surface area (Å²) in [5, 5.41) is 5.92. The second-order valence-electron chi connectivity index (χ2n) is 5.34. The van der Waals surface area contributed by atoms with E-state index in [-0.39, 0.29) is 17.3 Å². The standard InChI is InChI=1S/C11H12Cl2F3N3O3S/c1-10(5-12)3-7(18-22-10)23(20,21)4-6-8(11(14,15)16)17-19(2)9(6)13/h3-5H2,1-2H3. The highest BCUT2D eigenvalue weighted by Gasteiger charge is 2.43. The van der Waals surface area contributed by atoms with Crippen LogP contribution in [0.25, 0.3) is 0 Å². The van der Waals surface area contributed by atoms with Crippen LogP contribution >= 0.6 is 23.2 Å². The van der Waals surface area contributed by atoms with Gasteiger partial charge in [0.05, 0.1) is 11.6 Å². The molecule has 0 spiro atoms. The minimum Gasteiger partial charge on any atom is -0.387 e. The van der Waals surface area contributed by atoms with Gasteiger partial charge in [0.1, 0.15) is 5.15 Å². The summed E-state index contributed by atoms with van der Waals surface area (Å²) in [6, 6.07) is 0. The SMILES string of the molecule is Cn1nc(C(F)(F)F)c(CS(=O)(=O)C2=NOC(C)(CCl)C2)c1Cl. The van der Waals surface area contributed by atoms with Gasteiger partial charge >= 0.3 is 6.18 Å². The van der Waals surface area contributed by atoms with Crippen molar-refractivity contribution in [2.24, 2.45) is 12.2 Å². The van der Waals surface area contributed by atoms with Crippen LogP contribution < -0.4 is 0 Å². The monoisotopic (exact) mass is 393 g/mol. The van der Waals surface area contributed by atoms with Crippen LogP contribution in [0.1, 0.15) is 24.6 Å². The lowest BCUT2D eigenvalue weighted by atomic mass is 10.1. The quantitative estimate of drug-likeness (QED) is 0.740. The van der Waals surface area contributed by atoms with Gasteiger partial charge in [0, 0.05) is 19.0 Å². The minimum absolute atomic E-state index is 0.0169. The van der Waals surface area contributed by atoms with E-state index < -0.39 is 43.8 Å². The van der Waals surface area contributed by atoms with Gasteiger partial charge in [-0.3, -0.25) is 4.68 Å². The maximum atomic E-state index is 13.0.